The number of aromatic nitrogens is 1. The van der Waals surface area contributed by atoms with E-state index in [9.17, 15) is 9.18 Å². The van der Waals surface area contributed by atoms with Crippen LogP contribution in [0.1, 0.15) is 10.4 Å². The van der Waals surface area contributed by atoms with Crippen LogP contribution in [0.25, 0.3) is 10.2 Å². The van der Waals surface area contributed by atoms with Crippen LogP contribution in [0.2, 0.25) is 0 Å². The van der Waals surface area contributed by atoms with E-state index in [-0.39, 0.29) is 17.9 Å². The molecule has 0 amide bonds. The minimum atomic E-state index is -0.299. The molecule has 0 saturated carbocycles. The number of anilines is 1. The molecule has 7 heteroatoms. The Morgan fingerprint density at radius 2 is 2.16 bits per heavy atom. The van der Waals surface area contributed by atoms with Gasteiger partial charge in [0.2, 0.25) is 0 Å². The molecule has 1 aliphatic rings. The van der Waals surface area contributed by atoms with Gasteiger partial charge in [-0.3, -0.25) is 0 Å². The first-order valence-electron chi connectivity index (χ1n) is 7.78. The summed E-state index contributed by atoms with van der Waals surface area (Å²) in [7, 11) is 0. The van der Waals surface area contributed by atoms with Crippen LogP contribution < -0.4 is 4.90 Å². The monoisotopic (exact) mass is 374 g/mol. The fraction of sp³-hybridized carbons (Fsp3) is 0.222. The summed E-state index contributed by atoms with van der Waals surface area (Å²) in [6.45, 7) is 1.21. The second-order valence-corrected chi connectivity index (χ2v) is 7.66. The van der Waals surface area contributed by atoms with Crippen LogP contribution in [0, 0.1) is 5.82 Å². The number of nitrogens with zero attached hydrogens (tertiary/aromatic N) is 2. The van der Waals surface area contributed by atoms with Gasteiger partial charge in [-0.1, -0.05) is 17.4 Å². The van der Waals surface area contributed by atoms with Crippen molar-refractivity contribution in [3.05, 3.63) is 53.8 Å². The van der Waals surface area contributed by atoms with Gasteiger partial charge in [0.25, 0.3) is 0 Å². The van der Waals surface area contributed by atoms with Crippen LogP contribution in [0.3, 0.4) is 0 Å². The van der Waals surface area contributed by atoms with Gasteiger partial charge in [0.1, 0.15) is 11.9 Å². The average Bonchev–Trinajstić information content (AvgIpc) is 2.99. The number of fused-ring (bicyclic) bond motifs is 1. The third-order valence-corrected chi connectivity index (χ3v) is 5.84. The zero-order valence-electron chi connectivity index (χ0n) is 13.4. The Kier molecular flexibility index (Phi) is 4.35. The predicted molar refractivity (Wildman–Crippen MR) is 99.2 cm³/mol. The van der Waals surface area contributed by atoms with Crippen molar-refractivity contribution in [3.8, 4) is 0 Å². The molecule has 0 aliphatic carbocycles. The molecule has 0 atom stereocenters. The van der Waals surface area contributed by atoms with E-state index in [1.807, 2.05) is 29.4 Å². The number of carbonyl (C=O) groups excluding carboxylic acids is 1. The van der Waals surface area contributed by atoms with Gasteiger partial charge in [-0.05, 0) is 42.7 Å². The molecule has 25 heavy (non-hydrogen) atoms. The Morgan fingerprint density at radius 3 is 2.96 bits per heavy atom. The van der Waals surface area contributed by atoms with Gasteiger partial charge < -0.3 is 9.64 Å². The lowest BCUT2D eigenvalue weighted by atomic mass is 10.2. The van der Waals surface area contributed by atoms with Crippen LogP contribution in [0.5, 0.6) is 0 Å². The first-order valence-corrected chi connectivity index (χ1v) is 9.82. The molecule has 2 aromatic carbocycles. The van der Waals surface area contributed by atoms with Crippen molar-refractivity contribution in [1.29, 1.82) is 0 Å². The molecule has 128 valence electrons. The van der Waals surface area contributed by atoms with Crippen LogP contribution in [0.15, 0.2) is 47.4 Å². The number of ether oxygens (including phenoxy) is 1. The topological polar surface area (TPSA) is 42.4 Å². The second-order valence-electron chi connectivity index (χ2n) is 5.77. The van der Waals surface area contributed by atoms with E-state index in [4.69, 9.17) is 4.74 Å². The van der Waals surface area contributed by atoms with Crippen molar-refractivity contribution < 1.29 is 13.9 Å². The van der Waals surface area contributed by atoms with E-state index in [0.29, 0.717) is 18.7 Å². The summed E-state index contributed by atoms with van der Waals surface area (Å²) in [5, 5.41) is 0.831. The molecular weight excluding hydrogens is 359 g/mol. The summed E-state index contributed by atoms with van der Waals surface area (Å²) >= 11 is 3.04. The summed E-state index contributed by atoms with van der Waals surface area (Å²) < 4.78 is 19.6. The van der Waals surface area contributed by atoms with E-state index in [2.05, 4.69) is 4.98 Å². The number of carbonyl (C=O) groups is 1. The molecule has 0 spiro atoms. The zero-order valence-corrected chi connectivity index (χ0v) is 15.1. The third kappa shape index (κ3) is 3.34. The van der Waals surface area contributed by atoms with Gasteiger partial charge >= 0.3 is 5.97 Å². The molecular formula is C18H15FN2O2S2. The number of rotatable bonds is 4. The lowest BCUT2D eigenvalue weighted by Crippen LogP contribution is -2.53. The summed E-state index contributed by atoms with van der Waals surface area (Å²) in [6, 6.07) is 12.0. The smallest absolute Gasteiger partial charge is 0.338 e. The molecule has 1 aliphatic heterocycles. The van der Waals surface area contributed by atoms with Gasteiger partial charge in [-0.15, -0.1) is 11.8 Å². The van der Waals surface area contributed by atoms with Crippen molar-refractivity contribution in [2.75, 3.05) is 24.2 Å². The number of hydrogen-bond donors (Lipinski definition) is 0. The first kappa shape index (κ1) is 16.4. The Bertz CT molecular complexity index is 938. The first-order chi connectivity index (χ1) is 12.1. The Hall–Kier alpha value is -2.12. The van der Waals surface area contributed by atoms with Crippen molar-refractivity contribution in [3.63, 3.8) is 0 Å². The second kappa shape index (κ2) is 6.65. The largest absolute Gasteiger partial charge is 0.455 e. The molecule has 3 aromatic rings. The number of benzene rings is 2. The van der Waals surface area contributed by atoms with E-state index >= 15 is 0 Å². The highest BCUT2D eigenvalue weighted by Gasteiger charge is 2.32. The highest BCUT2D eigenvalue weighted by atomic mass is 32.2. The van der Waals surface area contributed by atoms with E-state index in [1.165, 1.54) is 23.5 Å². The molecule has 1 saturated heterocycles. The lowest BCUT2D eigenvalue weighted by molar-refractivity contribution is 0.0234. The maximum atomic E-state index is 13.3. The number of thioether (sulfide) groups is 1. The van der Waals surface area contributed by atoms with Gasteiger partial charge in [0.05, 0.1) is 28.9 Å². The molecule has 0 unspecified atom stereocenters. The molecule has 0 bridgehead atoms. The highest BCUT2D eigenvalue weighted by molar-refractivity contribution is 7.98. The minimum absolute atomic E-state index is 0.144. The standard InChI is InChI=1S/C18H15FN2O2S2/c1-24-14-4-2-3-11(7-14)17(22)23-13-9-21(10-13)18-20-15-6-5-12(19)8-16(15)25-18/h2-8,13H,9-10H2,1H3. The number of esters is 1. The molecule has 0 radical (unpaired) electrons. The number of hydrogen-bond acceptors (Lipinski definition) is 6. The van der Waals surface area contributed by atoms with Crippen molar-refractivity contribution in [1.82, 2.24) is 4.98 Å². The van der Waals surface area contributed by atoms with E-state index in [1.54, 1.807) is 23.9 Å². The molecule has 4 nitrogen and oxygen atoms in total. The van der Waals surface area contributed by atoms with Crippen LogP contribution >= 0.6 is 23.1 Å². The highest BCUT2D eigenvalue weighted by Crippen LogP contribution is 2.32. The number of thiazole rings is 1. The molecule has 4 rings (SSSR count). The van der Waals surface area contributed by atoms with Crippen LogP contribution in [-0.2, 0) is 4.74 Å². The Labute approximate surface area is 152 Å². The van der Waals surface area contributed by atoms with Crippen molar-refractivity contribution >= 4 is 44.4 Å². The molecule has 1 fully saturated rings. The fourth-order valence-corrected chi connectivity index (χ4v) is 4.13. The summed E-state index contributed by atoms with van der Waals surface area (Å²) in [4.78, 5) is 19.8. The predicted octanol–water partition coefficient (Wildman–Crippen LogP) is 4.20. The van der Waals surface area contributed by atoms with Gasteiger partial charge in [0, 0.05) is 4.90 Å². The maximum absolute atomic E-state index is 13.3. The summed E-state index contributed by atoms with van der Waals surface area (Å²) in [5.74, 6) is -0.558. The van der Waals surface area contributed by atoms with Crippen molar-refractivity contribution in [2.45, 2.75) is 11.0 Å². The van der Waals surface area contributed by atoms with Crippen LogP contribution in [-0.4, -0.2) is 36.4 Å². The summed E-state index contributed by atoms with van der Waals surface area (Å²) in [5.41, 5.74) is 1.36. The molecule has 0 N–H and O–H groups in total. The third-order valence-electron chi connectivity index (χ3n) is 4.04. The number of halogens is 1. The Morgan fingerprint density at radius 1 is 1.32 bits per heavy atom. The SMILES string of the molecule is CSc1cccc(C(=O)OC2CN(c3nc4ccc(F)cc4s3)C2)c1. The molecule has 2 heterocycles. The quantitative estimate of drug-likeness (QED) is 0.506. The molecule has 1 aromatic heterocycles. The van der Waals surface area contributed by atoms with E-state index in [0.717, 1.165) is 20.2 Å². The normalized spacial score (nSPS) is 14.6. The maximum Gasteiger partial charge on any atom is 0.338 e. The minimum Gasteiger partial charge on any atom is -0.455 e. The van der Waals surface area contributed by atoms with E-state index < -0.39 is 0 Å². The Balaban J connectivity index is 1.38. The van der Waals surface area contributed by atoms with Crippen molar-refractivity contribution in [2.24, 2.45) is 0 Å². The van der Waals surface area contributed by atoms with Gasteiger partial charge in [-0.2, -0.15) is 0 Å². The fourth-order valence-electron chi connectivity index (χ4n) is 2.66. The summed E-state index contributed by atoms with van der Waals surface area (Å²) in [6.07, 6.45) is 1.83. The zero-order chi connectivity index (χ0) is 17.4. The van der Waals surface area contributed by atoms with Gasteiger partial charge in [-0.25, -0.2) is 14.2 Å². The lowest BCUT2D eigenvalue weighted by Gasteiger charge is -2.38. The van der Waals surface area contributed by atoms with Crippen LogP contribution in [0.4, 0.5) is 9.52 Å². The average molecular weight is 374 g/mol. The van der Waals surface area contributed by atoms with Gasteiger partial charge in [0.15, 0.2) is 5.13 Å².